The van der Waals surface area contributed by atoms with Gasteiger partial charge in [0.25, 0.3) is 0 Å². The highest BCUT2D eigenvalue weighted by Crippen LogP contribution is 2.25. The minimum atomic E-state index is 0.698. The van der Waals surface area contributed by atoms with Crippen molar-refractivity contribution in [3.05, 3.63) is 54.1 Å². The molecule has 0 amide bonds. The van der Waals surface area contributed by atoms with E-state index in [1.807, 2.05) is 30.3 Å². The lowest BCUT2D eigenvalue weighted by molar-refractivity contribution is 0.176. The second kappa shape index (κ2) is 6.17. The molecule has 2 heterocycles. The molecule has 0 aliphatic carbocycles. The second-order valence-electron chi connectivity index (χ2n) is 6.67. The van der Waals surface area contributed by atoms with E-state index in [9.17, 15) is 0 Å². The average molecular weight is 306 g/mol. The molecular weight excluding hydrogens is 284 g/mol. The molecule has 3 aromatic rings. The lowest BCUT2D eigenvalue weighted by Crippen LogP contribution is -2.33. The molecule has 2 aromatic carbocycles. The molecule has 1 atom stereocenters. The first kappa shape index (κ1) is 14.5. The van der Waals surface area contributed by atoms with Gasteiger partial charge in [-0.1, -0.05) is 31.2 Å². The highest BCUT2D eigenvalue weighted by atomic mass is 16.3. The van der Waals surface area contributed by atoms with E-state index in [1.54, 1.807) is 0 Å². The van der Waals surface area contributed by atoms with Crippen LogP contribution in [0.2, 0.25) is 0 Å². The van der Waals surface area contributed by atoms with Gasteiger partial charge in [-0.15, -0.1) is 0 Å². The Morgan fingerprint density at radius 3 is 2.87 bits per heavy atom. The number of likely N-dealkylation sites (tertiary alicyclic amines) is 1. The predicted molar refractivity (Wildman–Crippen MR) is 93.1 cm³/mol. The molecule has 3 heteroatoms. The third-order valence-electron chi connectivity index (χ3n) is 4.62. The molecule has 0 saturated carbocycles. The van der Waals surface area contributed by atoms with E-state index in [2.05, 4.69) is 35.0 Å². The van der Waals surface area contributed by atoms with Gasteiger partial charge in [-0.3, -0.25) is 4.90 Å². The highest BCUT2D eigenvalue weighted by molar-refractivity contribution is 5.76. The fourth-order valence-electron chi connectivity index (χ4n) is 3.46. The fourth-order valence-corrected chi connectivity index (χ4v) is 3.46. The lowest BCUT2D eigenvalue weighted by Gasteiger charge is -2.30. The Balaban J connectivity index is 1.58. The fraction of sp³-hybridized carbons (Fsp3) is 0.350. The van der Waals surface area contributed by atoms with Crippen LogP contribution in [0, 0.1) is 5.92 Å². The van der Waals surface area contributed by atoms with Crippen molar-refractivity contribution in [1.82, 2.24) is 9.88 Å². The van der Waals surface area contributed by atoms with Crippen LogP contribution in [0.15, 0.2) is 52.9 Å². The number of piperidine rings is 1. The predicted octanol–water partition coefficient (Wildman–Crippen LogP) is 4.73. The summed E-state index contributed by atoms with van der Waals surface area (Å²) in [6.07, 6.45) is 2.67. The van der Waals surface area contributed by atoms with Gasteiger partial charge in [0.05, 0.1) is 0 Å². The molecule has 0 unspecified atom stereocenters. The number of oxazole rings is 1. The van der Waals surface area contributed by atoms with Crippen molar-refractivity contribution in [3.8, 4) is 11.5 Å². The van der Waals surface area contributed by atoms with Crippen molar-refractivity contribution in [2.45, 2.75) is 26.3 Å². The molecule has 0 spiro atoms. The first-order valence-electron chi connectivity index (χ1n) is 8.45. The van der Waals surface area contributed by atoms with Crippen LogP contribution in [-0.4, -0.2) is 23.0 Å². The summed E-state index contributed by atoms with van der Waals surface area (Å²) in [5.41, 5.74) is 4.15. The van der Waals surface area contributed by atoms with Crippen LogP contribution in [0.25, 0.3) is 22.6 Å². The first-order valence-corrected chi connectivity index (χ1v) is 8.45. The van der Waals surface area contributed by atoms with Crippen LogP contribution in [0.5, 0.6) is 0 Å². The molecule has 118 valence electrons. The Morgan fingerprint density at radius 2 is 2.04 bits per heavy atom. The number of rotatable bonds is 3. The van der Waals surface area contributed by atoms with Crippen LogP contribution >= 0.6 is 0 Å². The van der Waals surface area contributed by atoms with Gasteiger partial charge in [-0.05, 0) is 55.1 Å². The maximum absolute atomic E-state index is 5.89. The van der Waals surface area contributed by atoms with Crippen LogP contribution in [-0.2, 0) is 6.54 Å². The molecule has 1 aromatic heterocycles. The minimum absolute atomic E-state index is 0.698. The van der Waals surface area contributed by atoms with Gasteiger partial charge in [0.15, 0.2) is 5.58 Å². The minimum Gasteiger partial charge on any atom is -0.436 e. The number of fused-ring (bicyclic) bond motifs is 1. The van der Waals surface area contributed by atoms with Crippen LogP contribution < -0.4 is 0 Å². The lowest BCUT2D eigenvalue weighted by atomic mass is 10.00. The topological polar surface area (TPSA) is 29.3 Å². The average Bonchev–Trinajstić information content (AvgIpc) is 2.99. The smallest absolute Gasteiger partial charge is 0.227 e. The maximum atomic E-state index is 5.89. The van der Waals surface area contributed by atoms with Gasteiger partial charge in [0.1, 0.15) is 5.52 Å². The number of aromatic nitrogens is 1. The Morgan fingerprint density at radius 1 is 1.17 bits per heavy atom. The van der Waals surface area contributed by atoms with Crippen molar-refractivity contribution in [2.75, 3.05) is 13.1 Å². The molecule has 1 aliphatic rings. The van der Waals surface area contributed by atoms with Crippen molar-refractivity contribution in [3.63, 3.8) is 0 Å². The summed E-state index contributed by atoms with van der Waals surface area (Å²) in [6, 6.07) is 16.5. The van der Waals surface area contributed by atoms with E-state index < -0.39 is 0 Å². The molecule has 0 radical (unpaired) electrons. The number of nitrogens with zero attached hydrogens (tertiary/aromatic N) is 2. The Hall–Kier alpha value is -2.13. The highest BCUT2D eigenvalue weighted by Gasteiger charge is 2.17. The molecular formula is C20H22N2O. The SMILES string of the molecule is C[C@H]1CCCN(Cc2ccc3oc(-c4ccccc4)nc3c2)C1. The van der Waals surface area contributed by atoms with E-state index in [0.29, 0.717) is 5.89 Å². The quantitative estimate of drug-likeness (QED) is 0.700. The second-order valence-corrected chi connectivity index (χ2v) is 6.67. The summed E-state index contributed by atoms with van der Waals surface area (Å²) in [6.45, 7) is 5.76. The maximum Gasteiger partial charge on any atom is 0.227 e. The molecule has 1 aliphatic heterocycles. The zero-order chi connectivity index (χ0) is 15.6. The van der Waals surface area contributed by atoms with Crippen LogP contribution in [0.4, 0.5) is 0 Å². The normalized spacial score (nSPS) is 19.3. The number of hydrogen-bond acceptors (Lipinski definition) is 3. The molecule has 1 saturated heterocycles. The van der Waals surface area contributed by atoms with Gasteiger partial charge in [-0.25, -0.2) is 4.98 Å². The van der Waals surface area contributed by atoms with E-state index in [1.165, 1.54) is 31.5 Å². The molecule has 1 fully saturated rings. The molecule has 4 rings (SSSR count). The zero-order valence-corrected chi connectivity index (χ0v) is 13.5. The van der Waals surface area contributed by atoms with Gasteiger partial charge in [-0.2, -0.15) is 0 Å². The van der Waals surface area contributed by atoms with Gasteiger partial charge in [0, 0.05) is 18.7 Å². The van der Waals surface area contributed by atoms with Crippen LogP contribution in [0.3, 0.4) is 0 Å². The summed E-state index contributed by atoms with van der Waals surface area (Å²) < 4.78 is 5.89. The van der Waals surface area contributed by atoms with Crippen molar-refractivity contribution >= 4 is 11.1 Å². The standard InChI is InChI=1S/C20H22N2O/c1-15-6-5-11-22(13-15)14-16-9-10-19-18(12-16)21-20(23-19)17-7-3-2-4-8-17/h2-4,7-10,12,15H,5-6,11,13-14H2,1H3/t15-/m0/s1. The van der Waals surface area contributed by atoms with E-state index in [4.69, 9.17) is 4.42 Å². The van der Waals surface area contributed by atoms with E-state index in [0.717, 1.165) is 29.1 Å². The van der Waals surface area contributed by atoms with Crippen LogP contribution in [0.1, 0.15) is 25.3 Å². The molecule has 0 bridgehead atoms. The van der Waals surface area contributed by atoms with Gasteiger partial charge < -0.3 is 4.42 Å². The number of hydrogen-bond donors (Lipinski definition) is 0. The van der Waals surface area contributed by atoms with Crippen molar-refractivity contribution in [1.29, 1.82) is 0 Å². The van der Waals surface area contributed by atoms with Crippen molar-refractivity contribution < 1.29 is 4.42 Å². The first-order chi connectivity index (χ1) is 11.3. The summed E-state index contributed by atoms with van der Waals surface area (Å²) in [4.78, 5) is 7.22. The summed E-state index contributed by atoms with van der Waals surface area (Å²) in [7, 11) is 0. The molecule has 23 heavy (non-hydrogen) atoms. The third kappa shape index (κ3) is 3.15. The van der Waals surface area contributed by atoms with Gasteiger partial charge in [0.2, 0.25) is 5.89 Å². The summed E-state index contributed by atoms with van der Waals surface area (Å²) in [5.74, 6) is 1.51. The van der Waals surface area contributed by atoms with E-state index in [-0.39, 0.29) is 0 Å². The Kier molecular flexibility index (Phi) is 3.88. The largest absolute Gasteiger partial charge is 0.436 e. The van der Waals surface area contributed by atoms with E-state index >= 15 is 0 Å². The Bertz CT molecular complexity index is 794. The summed E-state index contributed by atoms with van der Waals surface area (Å²) >= 11 is 0. The van der Waals surface area contributed by atoms with Crippen molar-refractivity contribution in [2.24, 2.45) is 5.92 Å². The summed E-state index contributed by atoms with van der Waals surface area (Å²) in [5, 5.41) is 0. The number of benzene rings is 2. The zero-order valence-electron chi connectivity index (χ0n) is 13.5. The Labute approximate surface area is 136 Å². The monoisotopic (exact) mass is 306 g/mol. The van der Waals surface area contributed by atoms with Gasteiger partial charge >= 0.3 is 0 Å². The molecule has 0 N–H and O–H groups in total. The third-order valence-corrected chi connectivity index (χ3v) is 4.62. The molecule has 3 nitrogen and oxygen atoms in total.